The largest absolute Gasteiger partial charge is 0.494 e. The van der Waals surface area contributed by atoms with Crippen LogP contribution < -0.4 is 10.1 Å². The Hall–Kier alpha value is -1.88. The van der Waals surface area contributed by atoms with Crippen molar-refractivity contribution >= 4 is 0 Å². The highest BCUT2D eigenvalue weighted by atomic mass is 19.1. The van der Waals surface area contributed by atoms with E-state index < -0.39 is 0 Å². The minimum absolute atomic E-state index is 0.251. The molecule has 0 aliphatic rings. The zero-order valence-electron chi connectivity index (χ0n) is 10.4. The molecule has 2 rings (SSSR count). The average Bonchev–Trinajstić information content (AvgIpc) is 2.77. The number of aryl methyl sites for hydroxylation is 1. The lowest BCUT2D eigenvalue weighted by atomic mass is 10.2. The number of methoxy groups -OCH3 is 1. The van der Waals surface area contributed by atoms with Crippen LogP contribution in [0.4, 0.5) is 4.39 Å². The summed E-state index contributed by atoms with van der Waals surface area (Å²) in [4.78, 5) is 4.06. The van der Waals surface area contributed by atoms with Crippen LogP contribution in [0.1, 0.15) is 17.2 Å². The molecule has 0 saturated carbocycles. The summed E-state index contributed by atoms with van der Waals surface area (Å²) in [5.74, 6) is 1.27. The Kier molecular flexibility index (Phi) is 3.94. The number of hydrogen-bond donors (Lipinski definition) is 1. The summed E-state index contributed by atoms with van der Waals surface area (Å²) in [7, 11) is 1.45. The van der Waals surface area contributed by atoms with Crippen LogP contribution in [0.25, 0.3) is 0 Å². The van der Waals surface area contributed by atoms with E-state index >= 15 is 0 Å². The molecule has 1 aromatic heterocycles. The zero-order valence-corrected chi connectivity index (χ0v) is 10.4. The number of benzene rings is 1. The van der Waals surface area contributed by atoms with E-state index in [-0.39, 0.29) is 11.6 Å². The van der Waals surface area contributed by atoms with Crippen LogP contribution in [0, 0.1) is 12.7 Å². The number of halogens is 1. The van der Waals surface area contributed by atoms with Crippen molar-refractivity contribution in [1.29, 1.82) is 0 Å². The highest BCUT2D eigenvalue weighted by molar-refractivity contribution is 5.30. The van der Waals surface area contributed by atoms with Gasteiger partial charge in [-0.25, -0.2) is 9.37 Å². The summed E-state index contributed by atoms with van der Waals surface area (Å²) in [6.07, 6.45) is 1.66. The minimum Gasteiger partial charge on any atom is -0.494 e. The Balaban J connectivity index is 1.94. The fourth-order valence-corrected chi connectivity index (χ4v) is 1.64. The van der Waals surface area contributed by atoms with E-state index in [1.807, 2.05) is 6.92 Å². The summed E-state index contributed by atoms with van der Waals surface area (Å²) in [5.41, 5.74) is 0.553. The Morgan fingerprint density at radius 2 is 2.22 bits per heavy atom. The second kappa shape index (κ2) is 5.64. The molecule has 0 radical (unpaired) electrons. The minimum atomic E-state index is -0.337. The molecule has 0 amide bonds. The van der Waals surface area contributed by atoms with Gasteiger partial charge in [0.25, 0.3) is 0 Å². The smallest absolute Gasteiger partial charge is 0.208 e. The van der Waals surface area contributed by atoms with Gasteiger partial charge in [-0.3, -0.25) is 0 Å². The van der Waals surface area contributed by atoms with Crippen LogP contribution in [-0.4, -0.2) is 12.1 Å². The van der Waals surface area contributed by atoms with Gasteiger partial charge in [-0.05, 0) is 13.0 Å². The first-order chi connectivity index (χ1) is 8.70. The fraction of sp³-hybridized carbons (Fsp3) is 0.308. The second-order valence-electron chi connectivity index (χ2n) is 3.90. The van der Waals surface area contributed by atoms with Gasteiger partial charge in [0.15, 0.2) is 11.6 Å². The molecule has 0 spiro atoms. The van der Waals surface area contributed by atoms with E-state index in [1.54, 1.807) is 24.4 Å². The molecule has 0 fully saturated rings. The Bertz CT molecular complexity index is 525. The van der Waals surface area contributed by atoms with Crippen molar-refractivity contribution < 1.29 is 13.5 Å². The van der Waals surface area contributed by atoms with Crippen LogP contribution in [0.15, 0.2) is 28.8 Å². The van der Waals surface area contributed by atoms with Gasteiger partial charge in [0, 0.05) is 12.1 Å². The standard InChI is InChI=1S/C13H15FN2O2/c1-9-6-16-12(18-9)8-15-7-10-4-3-5-11(17-2)13(10)14/h3-6,15H,7-8H2,1-2H3. The number of oxazole rings is 1. The van der Waals surface area contributed by atoms with Crippen molar-refractivity contribution in [2.45, 2.75) is 20.0 Å². The zero-order chi connectivity index (χ0) is 13.0. The van der Waals surface area contributed by atoms with Crippen LogP contribution in [0.5, 0.6) is 5.75 Å². The van der Waals surface area contributed by atoms with Gasteiger partial charge in [-0.2, -0.15) is 0 Å². The number of nitrogens with one attached hydrogen (secondary N) is 1. The van der Waals surface area contributed by atoms with Crippen molar-refractivity contribution in [2.24, 2.45) is 0 Å². The molecule has 1 heterocycles. The maximum absolute atomic E-state index is 13.8. The first kappa shape index (κ1) is 12.6. The van der Waals surface area contributed by atoms with Crippen molar-refractivity contribution in [3.05, 3.63) is 47.4 Å². The third kappa shape index (κ3) is 2.87. The number of rotatable bonds is 5. The maximum Gasteiger partial charge on any atom is 0.208 e. The second-order valence-corrected chi connectivity index (χ2v) is 3.90. The Morgan fingerprint density at radius 1 is 1.39 bits per heavy atom. The monoisotopic (exact) mass is 250 g/mol. The van der Waals surface area contributed by atoms with Gasteiger partial charge in [0.05, 0.1) is 19.9 Å². The molecule has 0 atom stereocenters. The van der Waals surface area contributed by atoms with E-state index in [0.717, 1.165) is 5.76 Å². The van der Waals surface area contributed by atoms with E-state index in [1.165, 1.54) is 7.11 Å². The van der Waals surface area contributed by atoms with Gasteiger partial charge in [0.2, 0.25) is 5.89 Å². The highest BCUT2D eigenvalue weighted by Crippen LogP contribution is 2.19. The molecular weight excluding hydrogens is 235 g/mol. The first-order valence-corrected chi connectivity index (χ1v) is 5.64. The fourth-order valence-electron chi connectivity index (χ4n) is 1.64. The molecule has 1 aromatic carbocycles. The molecule has 2 aromatic rings. The molecule has 0 bridgehead atoms. The third-order valence-electron chi connectivity index (χ3n) is 2.52. The average molecular weight is 250 g/mol. The topological polar surface area (TPSA) is 47.3 Å². The lowest BCUT2D eigenvalue weighted by Gasteiger charge is -2.07. The van der Waals surface area contributed by atoms with Crippen LogP contribution >= 0.6 is 0 Å². The molecule has 0 aliphatic heterocycles. The Morgan fingerprint density at radius 3 is 2.89 bits per heavy atom. The normalized spacial score (nSPS) is 10.6. The van der Waals surface area contributed by atoms with E-state index in [4.69, 9.17) is 9.15 Å². The van der Waals surface area contributed by atoms with E-state index in [0.29, 0.717) is 24.5 Å². The number of aromatic nitrogens is 1. The van der Waals surface area contributed by atoms with Crippen molar-refractivity contribution in [1.82, 2.24) is 10.3 Å². The maximum atomic E-state index is 13.8. The molecule has 96 valence electrons. The van der Waals surface area contributed by atoms with Gasteiger partial charge >= 0.3 is 0 Å². The summed E-state index contributed by atoms with van der Waals surface area (Å²) in [5, 5.41) is 3.07. The molecule has 5 heteroatoms. The van der Waals surface area contributed by atoms with Crippen molar-refractivity contribution in [3.63, 3.8) is 0 Å². The molecule has 0 saturated heterocycles. The lowest BCUT2D eigenvalue weighted by molar-refractivity contribution is 0.382. The summed E-state index contributed by atoms with van der Waals surface area (Å²) >= 11 is 0. The quantitative estimate of drug-likeness (QED) is 0.885. The number of ether oxygens (including phenoxy) is 1. The predicted octanol–water partition coefficient (Wildman–Crippen LogP) is 2.42. The third-order valence-corrected chi connectivity index (χ3v) is 2.52. The molecule has 1 N–H and O–H groups in total. The van der Waals surface area contributed by atoms with Gasteiger partial charge in [0.1, 0.15) is 5.76 Å². The van der Waals surface area contributed by atoms with Crippen LogP contribution in [0.3, 0.4) is 0 Å². The Labute approximate surface area is 105 Å². The molecular formula is C13H15FN2O2. The molecule has 0 aliphatic carbocycles. The number of nitrogens with zero attached hydrogens (tertiary/aromatic N) is 1. The highest BCUT2D eigenvalue weighted by Gasteiger charge is 2.08. The summed E-state index contributed by atoms with van der Waals surface area (Å²) < 4.78 is 24.0. The molecule has 0 unspecified atom stereocenters. The van der Waals surface area contributed by atoms with Gasteiger partial charge in [-0.1, -0.05) is 12.1 Å². The SMILES string of the molecule is COc1cccc(CNCc2ncc(C)o2)c1F. The summed E-state index contributed by atoms with van der Waals surface area (Å²) in [6.45, 7) is 2.69. The first-order valence-electron chi connectivity index (χ1n) is 5.64. The predicted molar refractivity (Wildman–Crippen MR) is 64.7 cm³/mol. The summed E-state index contributed by atoms with van der Waals surface area (Å²) in [6, 6.07) is 5.07. The van der Waals surface area contributed by atoms with E-state index in [2.05, 4.69) is 10.3 Å². The lowest BCUT2D eigenvalue weighted by Crippen LogP contribution is -2.14. The van der Waals surface area contributed by atoms with Gasteiger partial charge in [-0.15, -0.1) is 0 Å². The molecule has 4 nitrogen and oxygen atoms in total. The van der Waals surface area contributed by atoms with E-state index in [9.17, 15) is 4.39 Å². The molecule has 18 heavy (non-hydrogen) atoms. The van der Waals surface area contributed by atoms with Crippen LogP contribution in [-0.2, 0) is 13.1 Å². The number of hydrogen-bond acceptors (Lipinski definition) is 4. The van der Waals surface area contributed by atoms with Gasteiger partial charge < -0.3 is 14.5 Å². The van der Waals surface area contributed by atoms with Crippen molar-refractivity contribution in [3.8, 4) is 5.75 Å². The van der Waals surface area contributed by atoms with Crippen molar-refractivity contribution in [2.75, 3.05) is 7.11 Å². The van der Waals surface area contributed by atoms with Crippen LogP contribution in [0.2, 0.25) is 0 Å².